The zero-order valence-corrected chi connectivity index (χ0v) is 12.9. The SMILES string of the molecule is COC(=O)[C@@H](NS(=O)(=O)c1cc(C(=O)O)oc1C)C(C)C. The zero-order chi connectivity index (χ0) is 16.4. The first-order chi connectivity index (χ1) is 9.60. The molecule has 0 aliphatic carbocycles. The first-order valence-corrected chi connectivity index (χ1v) is 7.52. The number of carbonyl (C=O) groups is 2. The maximum atomic E-state index is 12.3. The van der Waals surface area contributed by atoms with Gasteiger partial charge in [-0.15, -0.1) is 0 Å². The van der Waals surface area contributed by atoms with Crippen molar-refractivity contribution in [3.05, 3.63) is 17.6 Å². The van der Waals surface area contributed by atoms with E-state index in [0.717, 1.165) is 13.2 Å². The fourth-order valence-corrected chi connectivity index (χ4v) is 3.16. The van der Waals surface area contributed by atoms with Crippen molar-refractivity contribution in [3.8, 4) is 0 Å². The Balaban J connectivity index is 3.16. The Morgan fingerprint density at radius 3 is 2.33 bits per heavy atom. The molecule has 0 bridgehead atoms. The number of ether oxygens (including phenoxy) is 1. The zero-order valence-electron chi connectivity index (χ0n) is 12.0. The van der Waals surface area contributed by atoms with Crippen LogP contribution in [0, 0.1) is 12.8 Å². The molecule has 1 aromatic heterocycles. The Kier molecular flexibility index (Phi) is 5.13. The fourth-order valence-electron chi connectivity index (χ4n) is 1.65. The lowest BCUT2D eigenvalue weighted by molar-refractivity contribution is -0.143. The molecule has 0 aliphatic rings. The number of hydrogen-bond donors (Lipinski definition) is 2. The van der Waals surface area contributed by atoms with Crippen molar-refractivity contribution in [2.45, 2.75) is 31.7 Å². The number of aryl methyl sites for hydroxylation is 1. The Hall–Kier alpha value is -1.87. The molecule has 0 saturated heterocycles. The molecule has 0 fully saturated rings. The van der Waals surface area contributed by atoms with Crippen molar-refractivity contribution in [3.63, 3.8) is 0 Å². The quantitative estimate of drug-likeness (QED) is 0.742. The lowest BCUT2D eigenvalue weighted by Crippen LogP contribution is -2.44. The van der Waals surface area contributed by atoms with E-state index in [1.807, 2.05) is 0 Å². The molecule has 1 aromatic rings. The summed E-state index contributed by atoms with van der Waals surface area (Å²) in [6, 6.07) is -0.183. The average molecular weight is 319 g/mol. The van der Waals surface area contributed by atoms with Crippen LogP contribution in [0.15, 0.2) is 15.4 Å². The minimum Gasteiger partial charge on any atom is -0.475 e. The van der Waals surface area contributed by atoms with E-state index in [1.165, 1.54) is 6.92 Å². The molecule has 21 heavy (non-hydrogen) atoms. The summed E-state index contributed by atoms with van der Waals surface area (Å²) in [7, 11) is -2.96. The molecular weight excluding hydrogens is 302 g/mol. The molecule has 1 rings (SSSR count). The smallest absolute Gasteiger partial charge is 0.371 e. The fraction of sp³-hybridized carbons (Fsp3) is 0.500. The molecule has 0 amide bonds. The van der Waals surface area contributed by atoms with Gasteiger partial charge in [-0.3, -0.25) is 4.79 Å². The van der Waals surface area contributed by atoms with Crippen LogP contribution >= 0.6 is 0 Å². The van der Waals surface area contributed by atoms with E-state index in [4.69, 9.17) is 9.52 Å². The van der Waals surface area contributed by atoms with Crippen LogP contribution in [0.1, 0.15) is 30.2 Å². The minimum atomic E-state index is -4.11. The highest BCUT2D eigenvalue weighted by atomic mass is 32.2. The molecule has 8 nitrogen and oxygen atoms in total. The van der Waals surface area contributed by atoms with Gasteiger partial charge in [0.2, 0.25) is 15.8 Å². The third-order valence-corrected chi connectivity index (χ3v) is 4.33. The van der Waals surface area contributed by atoms with Gasteiger partial charge in [-0.1, -0.05) is 13.8 Å². The summed E-state index contributed by atoms with van der Waals surface area (Å²) in [5, 5.41) is 8.80. The predicted octanol–water partition coefficient (Wildman–Crippen LogP) is 0.762. The van der Waals surface area contributed by atoms with Gasteiger partial charge in [-0.05, 0) is 12.8 Å². The van der Waals surface area contributed by atoms with Crippen LogP contribution in [-0.2, 0) is 19.6 Å². The number of esters is 1. The summed E-state index contributed by atoms with van der Waals surface area (Å²) in [5.41, 5.74) is 0. The molecular formula is C12H17NO7S. The van der Waals surface area contributed by atoms with Crippen molar-refractivity contribution in [1.29, 1.82) is 0 Å². The number of sulfonamides is 1. The Morgan fingerprint density at radius 2 is 1.95 bits per heavy atom. The number of hydrogen-bond acceptors (Lipinski definition) is 6. The Bertz CT molecular complexity index is 645. The normalized spacial score (nSPS) is 13.2. The maximum Gasteiger partial charge on any atom is 0.371 e. The number of furan rings is 1. The number of methoxy groups -OCH3 is 1. The first kappa shape index (κ1) is 17.2. The first-order valence-electron chi connectivity index (χ1n) is 6.04. The van der Waals surface area contributed by atoms with Crippen LogP contribution in [0.3, 0.4) is 0 Å². The molecule has 0 aromatic carbocycles. The summed E-state index contributed by atoms with van der Waals surface area (Å²) in [6.45, 7) is 4.62. The number of nitrogens with one attached hydrogen (secondary N) is 1. The van der Waals surface area contributed by atoms with Crippen LogP contribution < -0.4 is 4.72 Å². The summed E-state index contributed by atoms with van der Waals surface area (Å²) >= 11 is 0. The Morgan fingerprint density at radius 1 is 1.38 bits per heavy atom. The minimum absolute atomic E-state index is 0.0766. The van der Waals surface area contributed by atoms with Gasteiger partial charge in [0.15, 0.2) is 0 Å². The molecule has 0 radical (unpaired) electrons. The van der Waals surface area contributed by atoms with E-state index >= 15 is 0 Å². The molecule has 9 heteroatoms. The average Bonchev–Trinajstić information content (AvgIpc) is 2.78. The van der Waals surface area contributed by atoms with Gasteiger partial charge in [0, 0.05) is 6.07 Å². The highest BCUT2D eigenvalue weighted by Gasteiger charge is 2.31. The summed E-state index contributed by atoms with van der Waals surface area (Å²) in [4.78, 5) is 22.1. The van der Waals surface area contributed by atoms with Crippen LogP contribution in [0.2, 0.25) is 0 Å². The van der Waals surface area contributed by atoms with E-state index in [0.29, 0.717) is 0 Å². The van der Waals surface area contributed by atoms with Gasteiger partial charge >= 0.3 is 11.9 Å². The monoisotopic (exact) mass is 319 g/mol. The second kappa shape index (κ2) is 6.27. The third-order valence-electron chi connectivity index (χ3n) is 2.78. The summed E-state index contributed by atoms with van der Waals surface area (Å²) in [5.74, 6) is -3.03. The van der Waals surface area contributed by atoms with Gasteiger partial charge in [-0.25, -0.2) is 13.2 Å². The molecule has 0 spiro atoms. The lowest BCUT2D eigenvalue weighted by Gasteiger charge is -2.19. The van der Waals surface area contributed by atoms with Gasteiger partial charge in [0.1, 0.15) is 16.7 Å². The molecule has 0 aliphatic heterocycles. The van der Waals surface area contributed by atoms with Crippen LogP contribution in [0.4, 0.5) is 0 Å². The maximum absolute atomic E-state index is 12.3. The molecule has 2 N–H and O–H groups in total. The molecule has 1 atom stereocenters. The van der Waals surface area contributed by atoms with Gasteiger partial charge in [0.05, 0.1) is 7.11 Å². The molecule has 0 unspecified atom stereocenters. The molecule has 0 saturated carbocycles. The summed E-state index contributed by atoms with van der Waals surface area (Å²) in [6.07, 6.45) is 0. The highest BCUT2D eigenvalue weighted by Crippen LogP contribution is 2.21. The van der Waals surface area contributed by atoms with Crippen LogP contribution in [0.25, 0.3) is 0 Å². The van der Waals surface area contributed by atoms with Crippen LogP contribution in [-0.4, -0.2) is 38.6 Å². The van der Waals surface area contributed by atoms with Gasteiger partial charge in [-0.2, -0.15) is 4.72 Å². The second-order valence-electron chi connectivity index (χ2n) is 4.70. The standard InChI is InChI=1S/C12H17NO7S/c1-6(2)10(12(16)19-4)13-21(17,18)9-5-8(11(14)15)20-7(9)3/h5-6,10,13H,1-4H3,(H,14,15)/t10-/m0/s1. The lowest BCUT2D eigenvalue weighted by atomic mass is 10.1. The largest absolute Gasteiger partial charge is 0.475 e. The topological polar surface area (TPSA) is 123 Å². The molecule has 1 heterocycles. The van der Waals surface area contributed by atoms with E-state index in [9.17, 15) is 18.0 Å². The van der Waals surface area contributed by atoms with Gasteiger partial charge in [0.25, 0.3) is 0 Å². The van der Waals surface area contributed by atoms with Crippen molar-refractivity contribution < 1.29 is 32.3 Å². The van der Waals surface area contributed by atoms with Gasteiger partial charge < -0.3 is 14.3 Å². The number of carbonyl (C=O) groups excluding carboxylic acids is 1. The number of aromatic carboxylic acids is 1. The number of carboxylic acid groups (broad SMARTS) is 1. The van der Waals surface area contributed by atoms with E-state index in [2.05, 4.69) is 9.46 Å². The number of carboxylic acids is 1. The van der Waals surface area contributed by atoms with Crippen LogP contribution in [0.5, 0.6) is 0 Å². The Labute approximate surface area is 122 Å². The second-order valence-corrected chi connectivity index (χ2v) is 6.38. The molecule has 118 valence electrons. The van der Waals surface area contributed by atoms with Crippen molar-refractivity contribution >= 4 is 22.0 Å². The van der Waals surface area contributed by atoms with E-state index in [1.54, 1.807) is 13.8 Å². The highest BCUT2D eigenvalue weighted by molar-refractivity contribution is 7.89. The van der Waals surface area contributed by atoms with Crippen molar-refractivity contribution in [2.75, 3.05) is 7.11 Å². The van der Waals surface area contributed by atoms with E-state index in [-0.39, 0.29) is 16.6 Å². The van der Waals surface area contributed by atoms with Crippen molar-refractivity contribution in [1.82, 2.24) is 4.72 Å². The summed E-state index contributed by atoms with van der Waals surface area (Å²) < 4.78 is 36.1. The predicted molar refractivity (Wildman–Crippen MR) is 71.4 cm³/mol. The third kappa shape index (κ3) is 3.82. The van der Waals surface area contributed by atoms with E-state index < -0.39 is 33.8 Å². The number of rotatable bonds is 6. The van der Waals surface area contributed by atoms with Crippen molar-refractivity contribution in [2.24, 2.45) is 5.92 Å².